The SMILES string of the molecule is CC[C@H]1CO[C@H]2CCCCC[C@@]12O. The summed E-state index contributed by atoms with van der Waals surface area (Å²) in [6.07, 6.45) is 6.87. The predicted octanol–water partition coefficient (Wildman–Crippen LogP) is 2.11. The van der Waals surface area contributed by atoms with Crippen LogP contribution in [0.1, 0.15) is 45.4 Å². The van der Waals surface area contributed by atoms with Crippen molar-refractivity contribution in [2.45, 2.75) is 57.2 Å². The van der Waals surface area contributed by atoms with Crippen LogP contribution < -0.4 is 0 Å². The van der Waals surface area contributed by atoms with Gasteiger partial charge in [-0.05, 0) is 19.3 Å². The van der Waals surface area contributed by atoms with Crippen LogP contribution in [0, 0.1) is 5.92 Å². The van der Waals surface area contributed by atoms with Crippen LogP contribution in [0.4, 0.5) is 0 Å². The molecule has 0 amide bonds. The van der Waals surface area contributed by atoms with E-state index in [4.69, 9.17) is 4.74 Å². The third-order valence-electron chi connectivity index (χ3n) is 3.80. The van der Waals surface area contributed by atoms with Gasteiger partial charge in [-0.1, -0.05) is 26.2 Å². The first-order valence-corrected chi connectivity index (χ1v) is 5.61. The second-order valence-corrected chi connectivity index (χ2v) is 4.52. The molecule has 2 rings (SSSR count). The predicted molar refractivity (Wildman–Crippen MR) is 51.6 cm³/mol. The molecule has 2 aliphatic rings. The van der Waals surface area contributed by atoms with Crippen molar-refractivity contribution in [3.05, 3.63) is 0 Å². The summed E-state index contributed by atoms with van der Waals surface area (Å²) in [7, 11) is 0. The van der Waals surface area contributed by atoms with E-state index in [1.54, 1.807) is 0 Å². The number of fused-ring (bicyclic) bond motifs is 1. The molecule has 0 spiro atoms. The minimum absolute atomic E-state index is 0.139. The summed E-state index contributed by atoms with van der Waals surface area (Å²) < 4.78 is 5.69. The first kappa shape index (κ1) is 9.47. The molecule has 0 unspecified atom stereocenters. The maximum Gasteiger partial charge on any atom is 0.0957 e. The normalized spacial score (nSPS) is 45.7. The van der Waals surface area contributed by atoms with Crippen molar-refractivity contribution in [1.29, 1.82) is 0 Å². The summed E-state index contributed by atoms with van der Waals surface area (Å²) in [5.74, 6) is 0.385. The van der Waals surface area contributed by atoms with Crippen molar-refractivity contribution < 1.29 is 9.84 Å². The van der Waals surface area contributed by atoms with Gasteiger partial charge < -0.3 is 9.84 Å². The lowest BCUT2D eigenvalue weighted by molar-refractivity contribution is -0.0571. The molecule has 1 saturated carbocycles. The Labute approximate surface area is 80.3 Å². The molecule has 1 N–H and O–H groups in total. The van der Waals surface area contributed by atoms with Gasteiger partial charge in [0.1, 0.15) is 0 Å². The fraction of sp³-hybridized carbons (Fsp3) is 1.00. The van der Waals surface area contributed by atoms with Crippen LogP contribution in [0.15, 0.2) is 0 Å². The van der Waals surface area contributed by atoms with Gasteiger partial charge in [-0.15, -0.1) is 0 Å². The van der Waals surface area contributed by atoms with Crippen LogP contribution in [0.5, 0.6) is 0 Å². The largest absolute Gasteiger partial charge is 0.387 e. The first-order valence-electron chi connectivity index (χ1n) is 5.61. The van der Waals surface area contributed by atoms with Gasteiger partial charge in [0.2, 0.25) is 0 Å². The Morgan fingerprint density at radius 2 is 2.23 bits per heavy atom. The van der Waals surface area contributed by atoms with E-state index >= 15 is 0 Å². The molecule has 2 fully saturated rings. The van der Waals surface area contributed by atoms with Crippen molar-refractivity contribution in [2.24, 2.45) is 5.92 Å². The Balaban J connectivity index is 2.14. The topological polar surface area (TPSA) is 29.5 Å². The lowest BCUT2D eigenvalue weighted by Gasteiger charge is -2.31. The molecule has 0 aromatic carbocycles. The summed E-state index contributed by atoms with van der Waals surface area (Å²) in [6, 6.07) is 0. The zero-order chi connectivity index (χ0) is 9.31. The number of hydrogen-bond donors (Lipinski definition) is 1. The molecule has 1 aliphatic carbocycles. The molecule has 0 aromatic rings. The molecule has 0 aromatic heterocycles. The number of rotatable bonds is 1. The van der Waals surface area contributed by atoms with Crippen LogP contribution in [-0.2, 0) is 4.74 Å². The van der Waals surface area contributed by atoms with Crippen molar-refractivity contribution >= 4 is 0 Å². The van der Waals surface area contributed by atoms with Gasteiger partial charge in [0.15, 0.2) is 0 Å². The molecule has 2 heteroatoms. The first-order chi connectivity index (χ1) is 6.27. The van der Waals surface area contributed by atoms with Crippen molar-refractivity contribution in [3.63, 3.8) is 0 Å². The number of hydrogen-bond acceptors (Lipinski definition) is 2. The third kappa shape index (κ3) is 1.50. The van der Waals surface area contributed by atoms with Crippen LogP contribution in [0.25, 0.3) is 0 Å². The molecule has 0 bridgehead atoms. The molecule has 76 valence electrons. The van der Waals surface area contributed by atoms with Crippen LogP contribution in [0.3, 0.4) is 0 Å². The van der Waals surface area contributed by atoms with Gasteiger partial charge in [-0.3, -0.25) is 0 Å². The fourth-order valence-corrected chi connectivity index (χ4v) is 2.87. The Kier molecular flexibility index (Phi) is 2.61. The maximum absolute atomic E-state index is 10.5. The Morgan fingerprint density at radius 1 is 1.38 bits per heavy atom. The molecule has 1 aliphatic heterocycles. The van der Waals surface area contributed by atoms with Gasteiger partial charge in [0, 0.05) is 5.92 Å². The van der Waals surface area contributed by atoms with E-state index in [9.17, 15) is 5.11 Å². The summed E-state index contributed by atoms with van der Waals surface area (Å²) in [4.78, 5) is 0. The zero-order valence-electron chi connectivity index (χ0n) is 8.46. The summed E-state index contributed by atoms with van der Waals surface area (Å²) in [5.41, 5.74) is -0.481. The Morgan fingerprint density at radius 3 is 3.00 bits per heavy atom. The molecule has 2 nitrogen and oxygen atoms in total. The average Bonchev–Trinajstić information content (AvgIpc) is 2.31. The smallest absolute Gasteiger partial charge is 0.0957 e. The fourth-order valence-electron chi connectivity index (χ4n) is 2.87. The zero-order valence-corrected chi connectivity index (χ0v) is 8.46. The lowest BCUT2D eigenvalue weighted by atomic mass is 9.81. The van der Waals surface area contributed by atoms with Crippen molar-refractivity contribution in [3.8, 4) is 0 Å². The summed E-state index contributed by atoms with van der Waals surface area (Å²) >= 11 is 0. The van der Waals surface area contributed by atoms with Gasteiger partial charge in [0.25, 0.3) is 0 Å². The average molecular weight is 184 g/mol. The van der Waals surface area contributed by atoms with E-state index in [1.807, 2.05) is 0 Å². The van der Waals surface area contributed by atoms with Crippen LogP contribution in [0.2, 0.25) is 0 Å². The van der Waals surface area contributed by atoms with Gasteiger partial charge in [-0.2, -0.15) is 0 Å². The van der Waals surface area contributed by atoms with Gasteiger partial charge >= 0.3 is 0 Å². The van der Waals surface area contributed by atoms with E-state index in [-0.39, 0.29) is 6.10 Å². The molecule has 1 saturated heterocycles. The molecule has 0 radical (unpaired) electrons. The van der Waals surface area contributed by atoms with E-state index in [0.29, 0.717) is 5.92 Å². The molecule has 13 heavy (non-hydrogen) atoms. The Hall–Kier alpha value is -0.0800. The molecular formula is C11H20O2. The molecule has 1 heterocycles. The van der Waals surface area contributed by atoms with E-state index in [2.05, 4.69) is 6.92 Å². The highest BCUT2D eigenvalue weighted by molar-refractivity contribution is 4.98. The standard InChI is InChI=1S/C11H20O2/c1-2-9-8-13-10-6-4-3-5-7-11(9,10)12/h9-10,12H,2-8H2,1H3/t9-,10-,11+/m0/s1. The van der Waals surface area contributed by atoms with Gasteiger partial charge in [0.05, 0.1) is 18.3 Å². The number of aliphatic hydroxyl groups is 1. The lowest BCUT2D eigenvalue weighted by Crippen LogP contribution is -2.42. The van der Waals surface area contributed by atoms with E-state index < -0.39 is 5.60 Å². The molecule has 3 atom stereocenters. The second kappa shape index (κ2) is 3.58. The van der Waals surface area contributed by atoms with Crippen molar-refractivity contribution in [2.75, 3.05) is 6.61 Å². The minimum atomic E-state index is -0.481. The monoisotopic (exact) mass is 184 g/mol. The highest BCUT2D eigenvalue weighted by atomic mass is 16.5. The van der Waals surface area contributed by atoms with E-state index in [0.717, 1.165) is 25.9 Å². The van der Waals surface area contributed by atoms with Crippen molar-refractivity contribution in [1.82, 2.24) is 0 Å². The highest BCUT2D eigenvalue weighted by Gasteiger charge is 2.49. The van der Waals surface area contributed by atoms with E-state index in [1.165, 1.54) is 19.3 Å². The maximum atomic E-state index is 10.5. The molecular weight excluding hydrogens is 164 g/mol. The Bertz CT molecular complexity index is 181. The van der Waals surface area contributed by atoms with Crippen LogP contribution in [-0.4, -0.2) is 23.4 Å². The minimum Gasteiger partial charge on any atom is -0.387 e. The quantitative estimate of drug-likeness (QED) is 0.676. The summed E-state index contributed by atoms with van der Waals surface area (Å²) in [6.45, 7) is 2.93. The van der Waals surface area contributed by atoms with Gasteiger partial charge in [-0.25, -0.2) is 0 Å². The van der Waals surface area contributed by atoms with Crippen LogP contribution >= 0.6 is 0 Å². The number of ether oxygens (including phenoxy) is 1. The highest BCUT2D eigenvalue weighted by Crippen LogP contribution is 2.41. The second-order valence-electron chi connectivity index (χ2n) is 4.52. The summed E-state index contributed by atoms with van der Waals surface area (Å²) in [5, 5.41) is 10.5. The third-order valence-corrected chi connectivity index (χ3v) is 3.80.